The van der Waals surface area contributed by atoms with Gasteiger partial charge in [0.15, 0.2) is 5.13 Å². The Morgan fingerprint density at radius 3 is 2.80 bits per heavy atom. The highest BCUT2D eigenvalue weighted by molar-refractivity contribution is 7.22. The second-order valence-corrected chi connectivity index (χ2v) is 9.02. The third kappa shape index (κ3) is 4.46. The van der Waals surface area contributed by atoms with Gasteiger partial charge in [0.2, 0.25) is 11.8 Å². The molecule has 0 radical (unpaired) electrons. The van der Waals surface area contributed by atoms with E-state index in [1.165, 1.54) is 18.4 Å². The lowest BCUT2D eigenvalue weighted by molar-refractivity contribution is -0.142. The standard InChI is InChI=1S/C21H26N4O4S/c1-13-3-4-16-17(9-13)30-21(23-16)25-11-14(10-18(25)26)20(28)22-15-5-7-24(8-6-15)12-19(27)29-2/h3-4,9,14-15H,5-8,10-12H2,1-2H3,(H,22,28). The molecule has 0 spiro atoms. The molecule has 2 saturated heterocycles. The van der Waals surface area contributed by atoms with Crippen LogP contribution in [0.3, 0.4) is 0 Å². The molecule has 2 aromatic rings. The number of ether oxygens (including phenoxy) is 1. The third-order valence-corrected chi connectivity index (χ3v) is 6.81. The predicted molar refractivity (Wildman–Crippen MR) is 114 cm³/mol. The van der Waals surface area contributed by atoms with Crippen molar-refractivity contribution in [1.29, 1.82) is 0 Å². The summed E-state index contributed by atoms with van der Waals surface area (Å²) in [6, 6.07) is 6.10. The quantitative estimate of drug-likeness (QED) is 0.726. The first-order valence-electron chi connectivity index (χ1n) is 10.2. The fourth-order valence-electron chi connectivity index (χ4n) is 4.00. The molecule has 0 aliphatic carbocycles. The van der Waals surface area contributed by atoms with Gasteiger partial charge in [0, 0.05) is 32.1 Å². The number of carbonyl (C=O) groups excluding carboxylic acids is 3. The molecule has 1 unspecified atom stereocenters. The van der Waals surface area contributed by atoms with E-state index in [9.17, 15) is 14.4 Å². The zero-order chi connectivity index (χ0) is 21.3. The molecule has 3 heterocycles. The minimum Gasteiger partial charge on any atom is -0.468 e. The summed E-state index contributed by atoms with van der Waals surface area (Å²) in [5, 5.41) is 3.76. The van der Waals surface area contributed by atoms with Crippen molar-refractivity contribution in [2.75, 3.05) is 38.2 Å². The number of hydrogen-bond donors (Lipinski definition) is 1. The van der Waals surface area contributed by atoms with Gasteiger partial charge >= 0.3 is 5.97 Å². The third-order valence-electron chi connectivity index (χ3n) is 5.77. The largest absolute Gasteiger partial charge is 0.468 e. The molecule has 4 rings (SSSR count). The first kappa shape index (κ1) is 20.7. The van der Waals surface area contributed by atoms with Gasteiger partial charge in [-0.3, -0.25) is 24.2 Å². The van der Waals surface area contributed by atoms with Crippen LogP contribution in [0.5, 0.6) is 0 Å². The van der Waals surface area contributed by atoms with Gasteiger partial charge in [0.1, 0.15) is 0 Å². The van der Waals surface area contributed by atoms with Crippen molar-refractivity contribution in [1.82, 2.24) is 15.2 Å². The molecule has 2 fully saturated rings. The Morgan fingerprint density at radius 1 is 1.30 bits per heavy atom. The van der Waals surface area contributed by atoms with Crippen LogP contribution in [0.25, 0.3) is 10.2 Å². The van der Waals surface area contributed by atoms with Crippen LogP contribution < -0.4 is 10.2 Å². The first-order valence-corrected chi connectivity index (χ1v) is 11.0. The second kappa shape index (κ2) is 8.69. The van der Waals surface area contributed by atoms with E-state index in [1.54, 1.807) is 4.90 Å². The minimum absolute atomic E-state index is 0.0566. The highest BCUT2D eigenvalue weighted by Crippen LogP contribution is 2.33. The number of aromatic nitrogens is 1. The van der Waals surface area contributed by atoms with Crippen molar-refractivity contribution in [3.63, 3.8) is 0 Å². The number of anilines is 1. The summed E-state index contributed by atoms with van der Waals surface area (Å²) in [6.45, 7) is 4.15. The van der Waals surface area contributed by atoms with Crippen molar-refractivity contribution in [3.8, 4) is 0 Å². The van der Waals surface area contributed by atoms with Gasteiger partial charge in [-0.2, -0.15) is 0 Å². The van der Waals surface area contributed by atoms with Gasteiger partial charge in [0.05, 0.1) is 29.8 Å². The average Bonchev–Trinajstić information content (AvgIpc) is 3.32. The minimum atomic E-state index is -0.362. The number of fused-ring (bicyclic) bond motifs is 1. The summed E-state index contributed by atoms with van der Waals surface area (Å²) in [5.74, 6) is -0.737. The molecule has 0 saturated carbocycles. The Morgan fingerprint density at radius 2 is 2.07 bits per heavy atom. The first-order chi connectivity index (χ1) is 14.4. The number of thiazole rings is 1. The summed E-state index contributed by atoms with van der Waals surface area (Å²) in [4.78, 5) is 45.0. The van der Waals surface area contributed by atoms with Crippen LogP contribution in [0.1, 0.15) is 24.8 Å². The summed E-state index contributed by atoms with van der Waals surface area (Å²) in [5.41, 5.74) is 2.03. The lowest BCUT2D eigenvalue weighted by Gasteiger charge is -2.32. The van der Waals surface area contributed by atoms with Crippen LogP contribution in [-0.2, 0) is 19.1 Å². The van der Waals surface area contributed by atoms with E-state index >= 15 is 0 Å². The van der Waals surface area contributed by atoms with E-state index in [0.29, 0.717) is 11.7 Å². The van der Waals surface area contributed by atoms with Gasteiger partial charge in [-0.05, 0) is 37.5 Å². The van der Waals surface area contributed by atoms with Crippen LogP contribution in [0.4, 0.5) is 5.13 Å². The Hall–Kier alpha value is -2.52. The molecule has 1 aromatic carbocycles. The number of hydrogen-bond acceptors (Lipinski definition) is 7. The van der Waals surface area contributed by atoms with Crippen molar-refractivity contribution in [3.05, 3.63) is 23.8 Å². The van der Waals surface area contributed by atoms with Crippen molar-refractivity contribution >= 4 is 44.5 Å². The fraction of sp³-hybridized carbons (Fsp3) is 0.524. The Labute approximate surface area is 179 Å². The van der Waals surface area contributed by atoms with Crippen molar-refractivity contribution < 1.29 is 19.1 Å². The molecule has 160 valence electrons. The number of esters is 1. The predicted octanol–water partition coefficient (Wildman–Crippen LogP) is 1.71. The van der Waals surface area contributed by atoms with E-state index in [-0.39, 0.29) is 42.7 Å². The molecule has 8 nitrogen and oxygen atoms in total. The van der Waals surface area contributed by atoms with Crippen LogP contribution in [0.2, 0.25) is 0 Å². The maximum atomic E-state index is 12.8. The molecular formula is C21H26N4O4S. The molecule has 2 aliphatic rings. The summed E-state index contributed by atoms with van der Waals surface area (Å²) < 4.78 is 5.75. The molecule has 9 heteroatoms. The van der Waals surface area contributed by atoms with Crippen LogP contribution in [0.15, 0.2) is 18.2 Å². The number of carbonyl (C=O) groups is 3. The number of piperidine rings is 1. The zero-order valence-electron chi connectivity index (χ0n) is 17.2. The maximum Gasteiger partial charge on any atom is 0.319 e. The smallest absolute Gasteiger partial charge is 0.319 e. The summed E-state index contributed by atoms with van der Waals surface area (Å²) in [6.07, 6.45) is 1.77. The molecule has 1 aromatic heterocycles. The molecule has 0 bridgehead atoms. The lowest BCUT2D eigenvalue weighted by Crippen LogP contribution is -2.47. The monoisotopic (exact) mass is 430 g/mol. The van der Waals surface area contributed by atoms with Gasteiger partial charge < -0.3 is 10.1 Å². The molecule has 1 atom stereocenters. The van der Waals surface area contributed by atoms with Gasteiger partial charge in [0.25, 0.3) is 0 Å². The Kier molecular flexibility index (Phi) is 6.01. The number of likely N-dealkylation sites (tertiary alicyclic amines) is 1. The lowest BCUT2D eigenvalue weighted by atomic mass is 10.0. The SMILES string of the molecule is COC(=O)CN1CCC(NC(=O)C2CC(=O)N(c3nc4ccc(C)cc4s3)C2)CC1. The van der Waals surface area contributed by atoms with E-state index in [4.69, 9.17) is 4.74 Å². The molecule has 2 aliphatic heterocycles. The number of nitrogens with one attached hydrogen (secondary N) is 1. The molecule has 2 amide bonds. The number of aryl methyl sites for hydroxylation is 1. The molecule has 1 N–H and O–H groups in total. The highest BCUT2D eigenvalue weighted by Gasteiger charge is 2.37. The van der Waals surface area contributed by atoms with Crippen LogP contribution in [0, 0.1) is 12.8 Å². The van der Waals surface area contributed by atoms with E-state index in [0.717, 1.165) is 41.7 Å². The molecule has 30 heavy (non-hydrogen) atoms. The van der Waals surface area contributed by atoms with Crippen LogP contribution in [-0.4, -0.2) is 67.0 Å². The molecular weight excluding hydrogens is 404 g/mol. The van der Waals surface area contributed by atoms with Crippen molar-refractivity contribution in [2.45, 2.75) is 32.2 Å². The fourth-order valence-corrected chi connectivity index (χ4v) is 5.10. The van der Waals surface area contributed by atoms with Gasteiger partial charge in [-0.1, -0.05) is 17.4 Å². The Balaban J connectivity index is 1.32. The van der Waals surface area contributed by atoms with E-state index in [2.05, 4.69) is 16.4 Å². The van der Waals surface area contributed by atoms with E-state index < -0.39 is 0 Å². The maximum absolute atomic E-state index is 12.8. The normalized spacial score (nSPS) is 20.7. The number of benzene rings is 1. The van der Waals surface area contributed by atoms with Gasteiger partial charge in [-0.25, -0.2) is 4.98 Å². The number of rotatable bonds is 5. The summed E-state index contributed by atoms with van der Waals surface area (Å²) >= 11 is 1.49. The number of nitrogens with zero attached hydrogens (tertiary/aromatic N) is 3. The van der Waals surface area contributed by atoms with Crippen LogP contribution >= 0.6 is 11.3 Å². The van der Waals surface area contributed by atoms with Crippen molar-refractivity contribution in [2.24, 2.45) is 5.92 Å². The van der Waals surface area contributed by atoms with E-state index in [1.807, 2.05) is 24.0 Å². The topological polar surface area (TPSA) is 91.8 Å². The summed E-state index contributed by atoms with van der Waals surface area (Å²) in [7, 11) is 1.39. The second-order valence-electron chi connectivity index (χ2n) is 8.01. The zero-order valence-corrected chi connectivity index (χ0v) is 18.0. The van der Waals surface area contributed by atoms with Gasteiger partial charge in [-0.15, -0.1) is 0 Å². The average molecular weight is 431 g/mol. The number of methoxy groups -OCH3 is 1. The Bertz CT molecular complexity index is 967. The highest BCUT2D eigenvalue weighted by atomic mass is 32.1. The number of amides is 2.